The van der Waals surface area contributed by atoms with Crippen molar-refractivity contribution in [3.63, 3.8) is 0 Å². The number of nitrogens with one attached hydrogen (secondary N) is 2. The van der Waals surface area contributed by atoms with Crippen LogP contribution in [0, 0.1) is 0 Å². The summed E-state index contributed by atoms with van der Waals surface area (Å²) in [4.78, 5) is 23.4. The summed E-state index contributed by atoms with van der Waals surface area (Å²) in [6.45, 7) is 0. The Hall–Kier alpha value is -2.86. The van der Waals surface area contributed by atoms with Crippen LogP contribution in [0.1, 0.15) is 18.4 Å². The topological polar surface area (TPSA) is 90.8 Å². The molecule has 0 aromatic heterocycles. The molecule has 0 atom stereocenters. The molecule has 2 amide bonds. The van der Waals surface area contributed by atoms with Crippen molar-refractivity contribution >= 4 is 35.3 Å². The molecule has 6 nitrogen and oxygen atoms in total. The largest absolute Gasteiger partial charge is 0.508 e. The molecule has 0 radical (unpaired) electrons. The Morgan fingerprint density at radius 3 is 2.29 bits per heavy atom. The third-order valence-corrected chi connectivity index (χ3v) is 3.26. The molecular formula is C17H16ClN3O3. The molecule has 0 fully saturated rings. The number of hydrogen-bond acceptors (Lipinski definition) is 4. The van der Waals surface area contributed by atoms with E-state index in [4.69, 9.17) is 16.7 Å². The van der Waals surface area contributed by atoms with Crippen molar-refractivity contribution in [2.75, 3.05) is 5.32 Å². The van der Waals surface area contributed by atoms with E-state index in [0.717, 1.165) is 5.56 Å². The minimum Gasteiger partial charge on any atom is -0.508 e. The molecule has 0 saturated heterocycles. The molecule has 124 valence electrons. The van der Waals surface area contributed by atoms with Gasteiger partial charge in [-0.15, -0.1) is 0 Å². The fourth-order valence-electron chi connectivity index (χ4n) is 1.78. The number of carbonyl (C=O) groups is 2. The fourth-order valence-corrected chi connectivity index (χ4v) is 1.90. The Balaban J connectivity index is 1.71. The van der Waals surface area contributed by atoms with Crippen LogP contribution in [0.3, 0.4) is 0 Å². The molecule has 3 N–H and O–H groups in total. The first-order chi connectivity index (χ1) is 11.5. The maximum atomic E-state index is 11.7. The first-order valence-electron chi connectivity index (χ1n) is 7.19. The fraction of sp³-hybridized carbons (Fsp3) is 0.118. The van der Waals surface area contributed by atoms with Crippen LogP contribution >= 0.6 is 11.6 Å². The third-order valence-electron chi connectivity index (χ3n) is 3.00. The zero-order valence-electron chi connectivity index (χ0n) is 12.7. The smallest absolute Gasteiger partial charge is 0.240 e. The summed E-state index contributed by atoms with van der Waals surface area (Å²) in [5, 5.41) is 16.2. The molecule has 0 heterocycles. The van der Waals surface area contributed by atoms with E-state index in [1.54, 1.807) is 36.4 Å². The number of hydrogen-bond donors (Lipinski definition) is 3. The summed E-state index contributed by atoms with van der Waals surface area (Å²) >= 11 is 5.76. The van der Waals surface area contributed by atoms with Crippen LogP contribution in [0.2, 0.25) is 5.02 Å². The Kier molecular flexibility index (Phi) is 6.33. The van der Waals surface area contributed by atoms with Gasteiger partial charge in [0.2, 0.25) is 11.8 Å². The third kappa shape index (κ3) is 6.10. The standard InChI is InChI=1S/C17H16ClN3O3/c18-13-3-5-14(6-4-13)20-16(23)9-10-17(24)21-19-11-12-1-7-15(22)8-2-12/h1-8,11,22H,9-10H2,(H,20,23)(H,21,24)/b19-11+. The molecular weight excluding hydrogens is 330 g/mol. The quantitative estimate of drug-likeness (QED) is 0.555. The second kappa shape index (κ2) is 8.69. The Bertz CT molecular complexity index is 728. The number of amides is 2. The lowest BCUT2D eigenvalue weighted by Crippen LogP contribution is -2.20. The number of rotatable bonds is 6. The second-order valence-corrected chi connectivity index (χ2v) is 5.38. The van der Waals surface area contributed by atoms with Gasteiger partial charge >= 0.3 is 0 Å². The summed E-state index contributed by atoms with van der Waals surface area (Å²) < 4.78 is 0. The van der Waals surface area contributed by atoms with Gasteiger partial charge in [-0.2, -0.15) is 5.10 Å². The number of aromatic hydroxyl groups is 1. The van der Waals surface area contributed by atoms with Crippen LogP contribution in [-0.4, -0.2) is 23.1 Å². The zero-order valence-corrected chi connectivity index (χ0v) is 13.5. The van der Waals surface area contributed by atoms with Crippen LogP contribution in [-0.2, 0) is 9.59 Å². The lowest BCUT2D eigenvalue weighted by Gasteiger charge is -2.04. The Morgan fingerprint density at radius 1 is 1.00 bits per heavy atom. The van der Waals surface area contributed by atoms with Gasteiger partial charge in [0, 0.05) is 23.6 Å². The molecule has 0 aliphatic rings. The van der Waals surface area contributed by atoms with Crippen molar-refractivity contribution < 1.29 is 14.7 Å². The molecule has 0 aliphatic carbocycles. The van der Waals surface area contributed by atoms with Gasteiger partial charge in [0.15, 0.2) is 0 Å². The van der Waals surface area contributed by atoms with Gasteiger partial charge in [0.05, 0.1) is 6.21 Å². The molecule has 2 aromatic rings. The van der Waals surface area contributed by atoms with Gasteiger partial charge in [-0.05, 0) is 54.1 Å². The molecule has 0 unspecified atom stereocenters. The van der Waals surface area contributed by atoms with Gasteiger partial charge in [-0.1, -0.05) is 11.6 Å². The zero-order chi connectivity index (χ0) is 17.4. The summed E-state index contributed by atoms with van der Waals surface area (Å²) in [5.41, 5.74) is 3.69. The molecule has 7 heteroatoms. The van der Waals surface area contributed by atoms with Crippen molar-refractivity contribution in [1.82, 2.24) is 5.43 Å². The maximum absolute atomic E-state index is 11.7. The van der Waals surface area contributed by atoms with E-state index in [2.05, 4.69) is 15.8 Å². The predicted octanol–water partition coefficient (Wildman–Crippen LogP) is 2.91. The van der Waals surface area contributed by atoms with Gasteiger partial charge in [-0.25, -0.2) is 5.43 Å². The van der Waals surface area contributed by atoms with Crippen LogP contribution < -0.4 is 10.7 Å². The van der Waals surface area contributed by atoms with E-state index in [1.807, 2.05) is 0 Å². The SMILES string of the molecule is O=C(CCC(=O)Nc1ccc(Cl)cc1)N/N=C/c1ccc(O)cc1. The van der Waals surface area contributed by atoms with E-state index < -0.39 is 0 Å². The summed E-state index contributed by atoms with van der Waals surface area (Å²) in [6.07, 6.45) is 1.51. The highest BCUT2D eigenvalue weighted by molar-refractivity contribution is 6.30. The number of nitrogens with zero attached hydrogens (tertiary/aromatic N) is 1. The number of halogens is 1. The summed E-state index contributed by atoms with van der Waals surface area (Å²) in [5.74, 6) is -0.478. The number of phenols is 1. The highest BCUT2D eigenvalue weighted by Crippen LogP contribution is 2.13. The van der Waals surface area contributed by atoms with E-state index in [1.165, 1.54) is 18.3 Å². The number of anilines is 1. The molecule has 2 rings (SSSR count). The van der Waals surface area contributed by atoms with Crippen molar-refractivity contribution in [2.45, 2.75) is 12.8 Å². The van der Waals surface area contributed by atoms with Crippen molar-refractivity contribution in [2.24, 2.45) is 5.10 Å². The first-order valence-corrected chi connectivity index (χ1v) is 7.57. The number of carbonyl (C=O) groups excluding carboxylic acids is 2. The molecule has 0 saturated carbocycles. The van der Waals surface area contributed by atoms with Gasteiger partial charge in [0.1, 0.15) is 5.75 Å². The molecule has 24 heavy (non-hydrogen) atoms. The summed E-state index contributed by atoms with van der Waals surface area (Å²) in [6, 6.07) is 13.1. The molecule has 0 aliphatic heterocycles. The average Bonchev–Trinajstić information content (AvgIpc) is 2.57. The van der Waals surface area contributed by atoms with Gasteiger partial charge in [0.25, 0.3) is 0 Å². The van der Waals surface area contributed by atoms with Crippen LogP contribution in [0.15, 0.2) is 53.6 Å². The van der Waals surface area contributed by atoms with Gasteiger partial charge < -0.3 is 10.4 Å². The van der Waals surface area contributed by atoms with E-state index in [9.17, 15) is 9.59 Å². The molecule has 2 aromatic carbocycles. The van der Waals surface area contributed by atoms with Gasteiger partial charge in [-0.3, -0.25) is 9.59 Å². The van der Waals surface area contributed by atoms with Crippen LogP contribution in [0.4, 0.5) is 5.69 Å². The van der Waals surface area contributed by atoms with E-state index in [-0.39, 0.29) is 30.4 Å². The highest BCUT2D eigenvalue weighted by Gasteiger charge is 2.06. The predicted molar refractivity (Wildman–Crippen MR) is 93.2 cm³/mol. The lowest BCUT2D eigenvalue weighted by molar-refractivity contribution is -0.124. The minimum absolute atomic E-state index is 0.0202. The maximum Gasteiger partial charge on any atom is 0.240 e. The van der Waals surface area contributed by atoms with Crippen LogP contribution in [0.5, 0.6) is 5.75 Å². The second-order valence-electron chi connectivity index (χ2n) is 4.94. The number of phenolic OH excluding ortho intramolecular Hbond substituents is 1. The molecule has 0 bridgehead atoms. The highest BCUT2D eigenvalue weighted by atomic mass is 35.5. The number of hydrazone groups is 1. The normalized spacial score (nSPS) is 10.5. The first kappa shape index (κ1) is 17.5. The Morgan fingerprint density at radius 2 is 1.62 bits per heavy atom. The average molecular weight is 346 g/mol. The minimum atomic E-state index is -0.365. The monoisotopic (exact) mass is 345 g/mol. The van der Waals surface area contributed by atoms with E-state index >= 15 is 0 Å². The number of benzene rings is 2. The van der Waals surface area contributed by atoms with Crippen LogP contribution in [0.25, 0.3) is 0 Å². The Labute approximate surface area is 144 Å². The molecule has 0 spiro atoms. The van der Waals surface area contributed by atoms with Crippen molar-refractivity contribution in [1.29, 1.82) is 0 Å². The van der Waals surface area contributed by atoms with Crippen molar-refractivity contribution in [3.8, 4) is 5.75 Å². The summed E-state index contributed by atoms with van der Waals surface area (Å²) in [7, 11) is 0. The lowest BCUT2D eigenvalue weighted by atomic mass is 10.2. The van der Waals surface area contributed by atoms with E-state index in [0.29, 0.717) is 10.7 Å². The van der Waals surface area contributed by atoms with Crippen molar-refractivity contribution in [3.05, 3.63) is 59.1 Å².